The third-order valence-corrected chi connectivity index (χ3v) is 8.66. The molecule has 0 amide bonds. The van der Waals surface area contributed by atoms with Crippen LogP contribution in [0.1, 0.15) is 90.4 Å². The van der Waals surface area contributed by atoms with Gasteiger partial charge in [0, 0.05) is 39.2 Å². The molecule has 4 aliphatic rings. The summed E-state index contributed by atoms with van der Waals surface area (Å²) >= 11 is 0. The van der Waals surface area contributed by atoms with Crippen LogP contribution in [0, 0.1) is 0 Å². The molecule has 0 radical (unpaired) electrons. The molecule has 0 aromatic carbocycles. The Morgan fingerprint density at radius 1 is 0.900 bits per heavy atom. The molecule has 4 rings (SSSR count). The second-order valence-corrected chi connectivity index (χ2v) is 12.0. The van der Waals surface area contributed by atoms with Crippen molar-refractivity contribution in [1.82, 2.24) is 0 Å². The van der Waals surface area contributed by atoms with Crippen molar-refractivity contribution in [2.45, 2.75) is 132 Å². The highest BCUT2D eigenvalue weighted by Crippen LogP contribution is 2.47. The monoisotopic (exact) mass is 572 g/mol. The van der Waals surface area contributed by atoms with Gasteiger partial charge in [0.15, 0.2) is 5.79 Å². The lowest BCUT2D eigenvalue weighted by Crippen LogP contribution is -2.50. The molecule has 10 heteroatoms. The first-order chi connectivity index (χ1) is 19.4. The molecule has 4 fully saturated rings. The topological polar surface area (TPSA) is 111 Å². The fourth-order valence-electron chi connectivity index (χ4n) is 6.68. The van der Waals surface area contributed by atoms with E-state index < -0.39 is 17.4 Å². The van der Waals surface area contributed by atoms with Crippen LogP contribution < -0.4 is 0 Å². The Hall–Kier alpha value is -0.850. The van der Waals surface area contributed by atoms with Crippen LogP contribution in [0.15, 0.2) is 0 Å². The number of carbonyl (C=O) groups is 1. The Balaban J connectivity index is 1.20. The lowest BCUT2D eigenvalue weighted by Gasteiger charge is -2.42. The second kappa shape index (κ2) is 16.1. The Kier molecular flexibility index (Phi) is 12.9. The zero-order chi connectivity index (χ0) is 28.3. The minimum Gasteiger partial charge on any atom is -0.462 e. The van der Waals surface area contributed by atoms with E-state index in [0.29, 0.717) is 45.9 Å². The van der Waals surface area contributed by atoms with Crippen molar-refractivity contribution >= 4 is 5.97 Å². The van der Waals surface area contributed by atoms with Crippen molar-refractivity contribution in [1.29, 1.82) is 0 Å². The number of ether oxygens (including phenoxy) is 8. The minimum atomic E-state index is -0.644. The molecule has 0 aromatic rings. The number of aliphatic hydroxyl groups is 1. The number of hydrogen-bond acceptors (Lipinski definition) is 10. The Bertz CT molecular complexity index is 736. The molecular formula is C30H52O10. The molecule has 0 aromatic heterocycles. The van der Waals surface area contributed by atoms with Gasteiger partial charge in [-0.05, 0) is 32.6 Å². The maximum Gasteiger partial charge on any atom is 0.332 e. The molecular weight excluding hydrogens is 520 g/mol. The quantitative estimate of drug-likeness (QED) is 0.217. The molecule has 40 heavy (non-hydrogen) atoms. The maximum atomic E-state index is 11.9. The predicted molar refractivity (Wildman–Crippen MR) is 146 cm³/mol. The highest BCUT2D eigenvalue weighted by atomic mass is 16.8. The van der Waals surface area contributed by atoms with Gasteiger partial charge in [-0.3, -0.25) is 0 Å². The first kappa shape index (κ1) is 32.1. The maximum absolute atomic E-state index is 11.9. The van der Waals surface area contributed by atoms with Gasteiger partial charge < -0.3 is 43.0 Å². The van der Waals surface area contributed by atoms with Crippen molar-refractivity contribution in [2.75, 3.05) is 53.4 Å². The molecule has 5 atom stereocenters. The van der Waals surface area contributed by atoms with Crippen LogP contribution in [0.3, 0.4) is 0 Å². The van der Waals surface area contributed by atoms with E-state index in [1.54, 1.807) is 7.11 Å². The van der Waals surface area contributed by atoms with Crippen LogP contribution in [0.4, 0.5) is 0 Å². The van der Waals surface area contributed by atoms with Crippen LogP contribution in [0.5, 0.6) is 0 Å². The van der Waals surface area contributed by atoms with E-state index in [9.17, 15) is 9.90 Å². The second-order valence-electron chi connectivity index (χ2n) is 12.0. The van der Waals surface area contributed by atoms with Gasteiger partial charge in [0.1, 0.15) is 19.3 Å². The summed E-state index contributed by atoms with van der Waals surface area (Å²) in [5.41, 5.74) is -0.644. The fourth-order valence-corrected chi connectivity index (χ4v) is 6.68. The number of methoxy groups -OCH3 is 1. The number of rotatable bonds is 16. The van der Waals surface area contributed by atoms with Gasteiger partial charge >= 0.3 is 5.97 Å². The average Bonchev–Trinajstić information content (AvgIpc) is 3.28. The standard InChI is InChI=1S/C30H52O10/c1-23(36-17-18-37-27(31)22-35-16-15-34-14-13-33-2)19-25-28-26(39-30(40-28)11-7-4-8-12-30)20-24(38-25)21-29(32)9-5-3-6-10-29/h23-26,28,32H,3-22H2,1-2H3. The van der Waals surface area contributed by atoms with Gasteiger partial charge in [-0.15, -0.1) is 0 Å². The SMILES string of the molecule is COCCOCCOCC(=O)OCCOC(C)CC1OC(CC2(O)CCCCC2)CC2OC3(CCCCC3)OC12. The van der Waals surface area contributed by atoms with E-state index in [-0.39, 0.29) is 43.7 Å². The van der Waals surface area contributed by atoms with Crippen LogP contribution in [-0.4, -0.2) is 106 Å². The van der Waals surface area contributed by atoms with E-state index in [1.807, 2.05) is 6.92 Å². The molecule has 2 aliphatic carbocycles. The Labute approximate surface area is 239 Å². The molecule has 2 saturated heterocycles. The van der Waals surface area contributed by atoms with Crippen molar-refractivity contribution in [3.63, 3.8) is 0 Å². The summed E-state index contributed by atoms with van der Waals surface area (Å²) < 4.78 is 46.6. The molecule has 2 aliphatic heterocycles. The van der Waals surface area contributed by atoms with E-state index in [4.69, 9.17) is 37.9 Å². The van der Waals surface area contributed by atoms with Crippen LogP contribution in [-0.2, 0) is 42.7 Å². The van der Waals surface area contributed by atoms with Crippen molar-refractivity contribution in [3.8, 4) is 0 Å². The lowest BCUT2D eigenvalue weighted by atomic mass is 9.79. The molecule has 2 heterocycles. The lowest BCUT2D eigenvalue weighted by molar-refractivity contribution is -0.202. The largest absolute Gasteiger partial charge is 0.462 e. The molecule has 232 valence electrons. The highest BCUT2D eigenvalue weighted by Gasteiger charge is 2.54. The molecule has 2 saturated carbocycles. The molecule has 10 nitrogen and oxygen atoms in total. The first-order valence-electron chi connectivity index (χ1n) is 15.6. The summed E-state index contributed by atoms with van der Waals surface area (Å²) in [7, 11) is 1.62. The van der Waals surface area contributed by atoms with Gasteiger partial charge in [0.05, 0.1) is 63.1 Å². The van der Waals surface area contributed by atoms with Crippen molar-refractivity contribution in [2.24, 2.45) is 0 Å². The van der Waals surface area contributed by atoms with Crippen LogP contribution >= 0.6 is 0 Å². The smallest absolute Gasteiger partial charge is 0.332 e. The van der Waals surface area contributed by atoms with Gasteiger partial charge in [-0.25, -0.2) is 4.79 Å². The number of hydrogen-bond donors (Lipinski definition) is 1. The normalized spacial score (nSPS) is 30.2. The third-order valence-electron chi connectivity index (χ3n) is 8.66. The van der Waals surface area contributed by atoms with Gasteiger partial charge in [0.25, 0.3) is 0 Å². The molecule has 5 unspecified atom stereocenters. The highest BCUT2D eigenvalue weighted by molar-refractivity contribution is 5.70. The summed E-state index contributed by atoms with van der Waals surface area (Å²) in [5.74, 6) is -0.910. The molecule has 1 spiro atoms. The Morgan fingerprint density at radius 3 is 2.35 bits per heavy atom. The average molecular weight is 573 g/mol. The number of fused-ring (bicyclic) bond motifs is 1. The summed E-state index contributed by atoms with van der Waals surface area (Å²) in [6.07, 6.45) is 11.9. The molecule has 1 N–H and O–H groups in total. The fraction of sp³-hybridized carbons (Fsp3) is 0.967. The minimum absolute atomic E-state index is 0.0208. The summed E-state index contributed by atoms with van der Waals surface area (Å²) in [4.78, 5) is 11.9. The van der Waals surface area contributed by atoms with E-state index in [2.05, 4.69) is 0 Å². The molecule has 0 bridgehead atoms. The summed E-state index contributed by atoms with van der Waals surface area (Å²) in [6, 6.07) is 0. The van der Waals surface area contributed by atoms with E-state index >= 15 is 0 Å². The van der Waals surface area contributed by atoms with Gasteiger partial charge in [-0.2, -0.15) is 0 Å². The number of esters is 1. The summed E-state index contributed by atoms with van der Waals surface area (Å²) in [6.45, 7) is 4.09. The van der Waals surface area contributed by atoms with Gasteiger partial charge in [0.2, 0.25) is 0 Å². The summed E-state index contributed by atoms with van der Waals surface area (Å²) in [5, 5.41) is 11.2. The van der Waals surface area contributed by atoms with E-state index in [1.165, 1.54) is 12.8 Å². The zero-order valence-corrected chi connectivity index (χ0v) is 24.7. The van der Waals surface area contributed by atoms with Gasteiger partial charge in [-0.1, -0.05) is 25.7 Å². The predicted octanol–water partition coefficient (Wildman–Crippen LogP) is 3.69. The van der Waals surface area contributed by atoms with Crippen LogP contribution in [0.25, 0.3) is 0 Å². The zero-order valence-electron chi connectivity index (χ0n) is 24.7. The van der Waals surface area contributed by atoms with E-state index in [0.717, 1.165) is 57.8 Å². The van der Waals surface area contributed by atoms with Crippen molar-refractivity contribution in [3.05, 3.63) is 0 Å². The first-order valence-corrected chi connectivity index (χ1v) is 15.6. The number of carbonyl (C=O) groups excluding carboxylic acids is 1. The Morgan fingerprint density at radius 2 is 1.60 bits per heavy atom. The van der Waals surface area contributed by atoms with Crippen LogP contribution in [0.2, 0.25) is 0 Å². The third kappa shape index (κ3) is 9.87. The van der Waals surface area contributed by atoms with Crippen molar-refractivity contribution < 1.29 is 47.8 Å².